The number of rotatable bonds is 6. The number of nitrogens with one attached hydrogen (secondary N) is 1. The van der Waals surface area contributed by atoms with E-state index in [2.05, 4.69) is 57.1 Å². The number of hydrogen-bond acceptors (Lipinski definition) is 6. The fraction of sp³-hybridized carbons (Fsp3) is 0.733. The summed E-state index contributed by atoms with van der Waals surface area (Å²) in [6.07, 6.45) is 0. The topological polar surface area (TPSA) is 47.5 Å². The van der Waals surface area contributed by atoms with Gasteiger partial charge in [0.25, 0.3) is 0 Å². The monoisotopic (exact) mass is 292 g/mol. The Labute approximate surface area is 128 Å². The Hall–Kier alpha value is -1.40. The molecule has 2 rings (SSSR count). The fourth-order valence-electron chi connectivity index (χ4n) is 2.51. The van der Waals surface area contributed by atoms with E-state index in [1.54, 1.807) is 0 Å². The molecule has 1 saturated heterocycles. The van der Waals surface area contributed by atoms with E-state index in [9.17, 15) is 0 Å². The number of hydrogen-bond donors (Lipinski definition) is 1. The summed E-state index contributed by atoms with van der Waals surface area (Å²) in [5.74, 6) is 2.81. The van der Waals surface area contributed by atoms with Crippen molar-refractivity contribution in [2.24, 2.45) is 0 Å². The van der Waals surface area contributed by atoms with Crippen molar-refractivity contribution in [1.82, 2.24) is 19.8 Å². The third kappa shape index (κ3) is 4.82. The summed E-state index contributed by atoms with van der Waals surface area (Å²) < 4.78 is 0. The first kappa shape index (κ1) is 16.0. The molecule has 1 N–H and O–H groups in total. The Morgan fingerprint density at radius 3 is 2.52 bits per heavy atom. The quantitative estimate of drug-likeness (QED) is 0.841. The van der Waals surface area contributed by atoms with Crippen molar-refractivity contribution in [3.8, 4) is 0 Å². The van der Waals surface area contributed by atoms with Gasteiger partial charge in [-0.05, 0) is 27.6 Å². The zero-order valence-corrected chi connectivity index (χ0v) is 13.8. The summed E-state index contributed by atoms with van der Waals surface area (Å²) in [7, 11) is 4.15. The highest BCUT2D eigenvalue weighted by molar-refractivity contribution is 5.49. The van der Waals surface area contributed by atoms with Crippen LogP contribution in [-0.2, 0) is 0 Å². The summed E-state index contributed by atoms with van der Waals surface area (Å²) in [4.78, 5) is 16.1. The molecular weight excluding hydrogens is 264 g/mol. The lowest BCUT2D eigenvalue weighted by atomic mass is 10.3. The molecule has 6 nitrogen and oxygen atoms in total. The fourth-order valence-corrected chi connectivity index (χ4v) is 2.51. The molecule has 0 unspecified atom stereocenters. The summed E-state index contributed by atoms with van der Waals surface area (Å²) in [5.41, 5.74) is 0. The maximum atomic E-state index is 4.60. The van der Waals surface area contributed by atoms with E-state index in [1.807, 2.05) is 6.92 Å². The van der Waals surface area contributed by atoms with Crippen LogP contribution in [0.15, 0.2) is 6.07 Å². The second-order valence-electron chi connectivity index (χ2n) is 5.81. The van der Waals surface area contributed by atoms with Crippen LogP contribution in [0.1, 0.15) is 12.7 Å². The number of nitrogens with zero attached hydrogens (tertiary/aromatic N) is 5. The molecule has 0 aliphatic carbocycles. The number of piperazine rings is 1. The van der Waals surface area contributed by atoms with Crippen LogP contribution in [0.2, 0.25) is 0 Å². The van der Waals surface area contributed by atoms with Gasteiger partial charge in [0.2, 0.25) is 0 Å². The van der Waals surface area contributed by atoms with Crippen molar-refractivity contribution >= 4 is 11.6 Å². The Kier molecular flexibility index (Phi) is 5.76. The number of aromatic nitrogens is 2. The molecule has 2 heterocycles. The molecule has 0 bridgehead atoms. The Morgan fingerprint density at radius 1 is 1.19 bits per heavy atom. The van der Waals surface area contributed by atoms with E-state index < -0.39 is 0 Å². The van der Waals surface area contributed by atoms with Gasteiger partial charge in [-0.15, -0.1) is 0 Å². The third-order valence-electron chi connectivity index (χ3n) is 3.83. The van der Waals surface area contributed by atoms with E-state index in [1.165, 1.54) is 0 Å². The molecule has 0 radical (unpaired) electrons. The van der Waals surface area contributed by atoms with Gasteiger partial charge in [0.15, 0.2) is 0 Å². The lowest BCUT2D eigenvalue weighted by molar-refractivity contribution is 0.270. The maximum absolute atomic E-state index is 4.60. The van der Waals surface area contributed by atoms with Gasteiger partial charge in [-0.3, -0.25) is 0 Å². The van der Waals surface area contributed by atoms with Crippen molar-refractivity contribution in [2.45, 2.75) is 13.8 Å². The molecule has 118 valence electrons. The smallest absolute Gasteiger partial charge is 0.134 e. The van der Waals surface area contributed by atoms with Gasteiger partial charge in [0.05, 0.1) is 0 Å². The molecule has 0 amide bonds. The largest absolute Gasteiger partial charge is 0.369 e. The van der Waals surface area contributed by atoms with E-state index in [0.717, 1.165) is 63.3 Å². The maximum Gasteiger partial charge on any atom is 0.134 e. The predicted molar refractivity (Wildman–Crippen MR) is 88.1 cm³/mol. The molecule has 1 aromatic rings. The first-order valence-corrected chi connectivity index (χ1v) is 7.80. The standard InChI is InChI=1S/C15H28N6/c1-5-20-8-10-21(11-9-20)15-12-14(17-13(2)18-15)16-6-7-19(3)4/h12H,5-11H2,1-4H3,(H,16,17,18). The van der Waals surface area contributed by atoms with Gasteiger partial charge < -0.3 is 20.0 Å². The van der Waals surface area contributed by atoms with E-state index in [-0.39, 0.29) is 0 Å². The summed E-state index contributed by atoms with van der Waals surface area (Å²) in [5, 5.41) is 3.39. The molecule has 1 fully saturated rings. The third-order valence-corrected chi connectivity index (χ3v) is 3.83. The highest BCUT2D eigenvalue weighted by Crippen LogP contribution is 2.17. The Morgan fingerprint density at radius 2 is 1.90 bits per heavy atom. The lowest BCUT2D eigenvalue weighted by Gasteiger charge is -2.34. The molecule has 6 heteroatoms. The van der Waals surface area contributed by atoms with Gasteiger partial charge in [-0.2, -0.15) is 0 Å². The SMILES string of the molecule is CCN1CCN(c2cc(NCCN(C)C)nc(C)n2)CC1. The van der Waals surface area contributed by atoms with E-state index >= 15 is 0 Å². The molecule has 0 atom stereocenters. The second kappa shape index (κ2) is 7.56. The zero-order valence-electron chi connectivity index (χ0n) is 13.8. The normalized spacial score (nSPS) is 16.5. The number of likely N-dealkylation sites (N-methyl/N-ethyl adjacent to an activating group) is 2. The predicted octanol–water partition coefficient (Wildman–Crippen LogP) is 0.900. The molecule has 0 spiro atoms. The van der Waals surface area contributed by atoms with E-state index in [0.29, 0.717) is 0 Å². The van der Waals surface area contributed by atoms with Crippen LogP contribution < -0.4 is 10.2 Å². The molecule has 0 saturated carbocycles. The minimum absolute atomic E-state index is 0.831. The van der Waals surface area contributed by atoms with Crippen LogP contribution in [0.3, 0.4) is 0 Å². The first-order valence-electron chi connectivity index (χ1n) is 7.80. The van der Waals surface area contributed by atoms with Crippen molar-refractivity contribution in [3.63, 3.8) is 0 Å². The van der Waals surface area contributed by atoms with Gasteiger partial charge in [0.1, 0.15) is 17.5 Å². The average Bonchev–Trinajstić information content (AvgIpc) is 2.46. The second-order valence-corrected chi connectivity index (χ2v) is 5.81. The summed E-state index contributed by atoms with van der Waals surface area (Å²) >= 11 is 0. The highest BCUT2D eigenvalue weighted by atomic mass is 15.3. The summed E-state index contributed by atoms with van der Waals surface area (Å²) in [6.45, 7) is 11.5. The molecular formula is C15H28N6. The first-order chi connectivity index (χ1) is 10.1. The van der Waals surface area contributed by atoms with E-state index in [4.69, 9.17) is 0 Å². The highest BCUT2D eigenvalue weighted by Gasteiger charge is 2.17. The van der Waals surface area contributed by atoms with Gasteiger partial charge in [-0.25, -0.2) is 9.97 Å². The molecule has 1 aliphatic heterocycles. The van der Waals surface area contributed by atoms with Gasteiger partial charge in [-0.1, -0.05) is 6.92 Å². The van der Waals surface area contributed by atoms with Crippen molar-refractivity contribution in [2.75, 3.05) is 70.1 Å². The zero-order chi connectivity index (χ0) is 15.2. The minimum Gasteiger partial charge on any atom is -0.369 e. The molecule has 21 heavy (non-hydrogen) atoms. The molecule has 0 aromatic carbocycles. The number of anilines is 2. The van der Waals surface area contributed by atoms with Crippen LogP contribution in [0.4, 0.5) is 11.6 Å². The average molecular weight is 292 g/mol. The molecule has 1 aliphatic rings. The molecule has 1 aromatic heterocycles. The van der Waals surface area contributed by atoms with Gasteiger partial charge >= 0.3 is 0 Å². The van der Waals surface area contributed by atoms with Gasteiger partial charge in [0, 0.05) is 45.3 Å². The van der Waals surface area contributed by atoms with Crippen LogP contribution in [0, 0.1) is 6.92 Å². The minimum atomic E-state index is 0.831. The van der Waals surface area contributed by atoms with Crippen LogP contribution in [-0.4, -0.2) is 79.7 Å². The van der Waals surface area contributed by atoms with Crippen molar-refractivity contribution in [3.05, 3.63) is 11.9 Å². The van der Waals surface area contributed by atoms with Crippen molar-refractivity contribution < 1.29 is 0 Å². The van der Waals surface area contributed by atoms with Crippen LogP contribution in [0.25, 0.3) is 0 Å². The van der Waals surface area contributed by atoms with Crippen molar-refractivity contribution in [1.29, 1.82) is 0 Å². The van der Waals surface area contributed by atoms with Crippen LogP contribution in [0.5, 0.6) is 0 Å². The van der Waals surface area contributed by atoms with Crippen LogP contribution >= 0.6 is 0 Å². The number of aryl methyl sites for hydroxylation is 1. The summed E-state index contributed by atoms with van der Waals surface area (Å²) in [6, 6.07) is 2.07. The Balaban J connectivity index is 1.98. The lowest BCUT2D eigenvalue weighted by Crippen LogP contribution is -2.46. The Bertz CT molecular complexity index is 440.